The second kappa shape index (κ2) is 6.95. The minimum absolute atomic E-state index is 0.00801. The molecular weight excluding hydrogens is 238 g/mol. The van der Waals surface area contributed by atoms with Crippen molar-refractivity contribution in [2.45, 2.75) is 45.2 Å². The van der Waals surface area contributed by atoms with Gasteiger partial charge in [0.1, 0.15) is 6.04 Å². The van der Waals surface area contributed by atoms with E-state index in [1.54, 1.807) is 0 Å². The molecule has 0 rings (SSSR count). The van der Waals surface area contributed by atoms with E-state index in [0.717, 1.165) is 0 Å². The lowest BCUT2D eigenvalue weighted by atomic mass is 10.1. The molecule has 0 aromatic heterocycles. The number of carboxylic acids is 1. The van der Waals surface area contributed by atoms with E-state index >= 15 is 0 Å². The molecule has 104 valence electrons. The van der Waals surface area contributed by atoms with E-state index in [2.05, 4.69) is 10.6 Å². The van der Waals surface area contributed by atoms with Crippen molar-refractivity contribution < 1.29 is 19.5 Å². The van der Waals surface area contributed by atoms with Crippen LogP contribution in [-0.4, -0.2) is 41.0 Å². The lowest BCUT2D eigenvalue weighted by Crippen LogP contribution is -2.48. The predicted octanol–water partition coefficient (Wildman–Crippen LogP) is -0.791. The first-order valence-electron chi connectivity index (χ1n) is 5.67. The van der Waals surface area contributed by atoms with E-state index in [1.807, 2.05) is 20.8 Å². The summed E-state index contributed by atoms with van der Waals surface area (Å²) in [6, 6.07) is -1.09. The number of rotatable bonds is 7. The number of amides is 2. The fourth-order valence-corrected chi connectivity index (χ4v) is 1.13. The van der Waals surface area contributed by atoms with Gasteiger partial charge in [-0.1, -0.05) is 0 Å². The molecule has 7 nitrogen and oxygen atoms in total. The van der Waals surface area contributed by atoms with Crippen molar-refractivity contribution in [2.75, 3.05) is 6.54 Å². The van der Waals surface area contributed by atoms with Crippen LogP contribution >= 0.6 is 0 Å². The Kier molecular flexibility index (Phi) is 6.32. The highest BCUT2D eigenvalue weighted by atomic mass is 16.4. The summed E-state index contributed by atoms with van der Waals surface area (Å²) in [4.78, 5) is 32.9. The molecule has 2 amide bonds. The van der Waals surface area contributed by atoms with Crippen molar-refractivity contribution >= 4 is 17.8 Å². The van der Waals surface area contributed by atoms with Crippen molar-refractivity contribution in [3.05, 3.63) is 0 Å². The topological polar surface area (TPSA) is 122 Å². The molecule has 18 heavy (non-hydrogen) atoms. The maximum atomic E-state index is 11.5. The van der Waals surface area contributed by atoms with E-state index in [4.69, 9.17) is 10.8 Å². The van der Waals surface area contributed by atoms with Gasteiger partial charge in [-0.25, -0.2) is 4.79 Å². The highest BCUT2D eigenvalue weighted by molar-refractivity contribution is 5.85. The Morgan fingerprint density at radius 1 is 1.28 bits per heavy atom. The lowest BCUT2D eigenvalue weighted by molar-refractivity contribution is -0.142. The fourth-order valence-electron chi connectivity index (χ4n) is 1.13. The second-order valence-corrected chi connectivity index (χ2v) is 5.07. The maximum absolute atomic E-state index is 11.5. The Morgan fingerprint density at radius 3 is 2.22 bits per heavy atom. The molecule has 1 atom stereocenters. The van der Waals surface area contributed by atoms with Crippen LogP contribution in [0.5, 0.6) is 0 Å². The lowest BCUT2D eigenvalue weighted by Gasteiger charge is -2.21. The largest absolute Gasteiger partial charge is 0.480 e. The molecule has 0 aliphatic carbocycles. The van der Waals surface area contributed by atoms with Crippen molar-refractivity contribution in [2.24, 2.45) is 5.73 Å². The second-order valence-electron chi connectivity index (χ2n) is 5.07. The minimum Gasteiger partial charge on any atom is -0.480 e. The van der Waals surface area contributed by atoms with Gasteiger partial charge in [0.25, 0.3) is 0 Å². The molecule has 5 N–H and O–H groups in total. The smallest absolute Gasteiger partial charge is 0.326 e. The van der Waals surface area contributed by atoms with E-state index < -0.39 is 23.8 Å². The van der Waals surface area contributed by atoms with Gasteiger partial charge in [0, 0.05) is 12.0 Å². The van der Waals surface area contributed by atoms with E-state index in [9.17, 15) is 14.4 Å². The van der Waals surface area contributed by atoms with Crippen molar-refractivity contribution in [1.82, 2.24) is 10.6 Å². The van der Waals surface area contributed by atoms with Crippen LogP contribution in [0.4, 0.5) is 0 Å². The Bertz CT molecular complexity index is 323. The first kappa shape index (κ1) is 16.4. The number of carboxylic acid groups (broad SMARTS) is 1. The molecular formula is C11H21N3O4. The fraction of sp³-hybridized carbons (Fsp3) is 0.727. The molecule has 0 radical (unpaired) electrons. The zero-order valence-electron chi connectivity index (χ0n) is 10.9. The molecule has 0 fully saturated rings. The van der Waals surface area contributed by atoms with Crippen LogP contribution in [0.2, 0.25) is 0 Å². The quantitative estimate of drug-likeness (QED) is 0.477. The third-order valence-electron chi connectivity index (χ3n) is 2.09. The molecule has 0 aromatic carbocycles. The van der Waals surface area contributed by atoms with E-state index in [-0.39, 0.29) is 24.9 Å². The van der Waals surface area contributed by atoms with Crippen LogP contribution in [-0.2, 0) is 14.4 Å². The molecule has 0 bridgehead atoms. The van der Waals surface area contributed by atoms with Crippen LogP contribution in [0.25, 0.3) is 0 Å². The van der Waals surface area contributed by atoms with Gasteiger partial charge in [0.05, 0.1) is 6.54 Å². The SMILES string of the molecule is CC(C)(C)NCC(=O)NC(CCC(N)=O)C(=O)O. The van der Waals surface area contributed by atoms with Crippen molar-refractivity contribution in [1.29, 1.82) is 0 Å². The van der Waals surface area contributed by atoms with Gasteiger partial charge in [0.15, 0.2) is 0 Å². The normalized spacial score (nSPS) is 12.8. The molecule has 0 aliphatic heterocycles. The summed E-state index contributed by atoms with van der Waals surface area (Å²) < 4.78 is 0. The zero-order chi connectivity index (χ0) is 14.3. The zero-order valence-corrected chi connectivity index (χ0v) is 10.9. The summed E-state index contributed by atoms with van der Waals surface area (Å²) in [6.45, 7) is 5.69. The molecule has 0 aliphatic rings. The average Bonchev–Trinajstić information content (AvgIpc) is 2.19. The number of nitrogens with two attached hydrogens (primary N) is 1. The first-order valence-corrected chi connectivity index (χ1v) is 5.67. The Hall–Kier alpha value is -1.63. The van der Waals surface area contributed by atoms with E-state index in [0.29, 0.717) is 0 Å². The third kappa shape index (κ3) is 8.51. The molecule has 0 heterocycles. The summed E-state index contributed by atoms with van der Waals surface area (Å²) in [5, 5.41) is 14.1. The molecule has 0 saturated carbocycles. The molecule has 0 spiro atoms. The average molecular weight is 259 g/mol. The summed E-state index contributed by atoms with van der Waals surface area (Å²) in [5.41, 5.74) is 4.70. The summed E-state index contributed by atoms with van der Waals surface area (Å²) >= 11 is 0. The molecule has 7 heteroatoms. The Balaban J connectivity index is 4.20. The van der Waals surface area contributed by atoms with Crippen LogP contribution in [0.3, 0.4) is 0 Å². The molecule has 0 aromatic rings. The van der Waals surface area contributed by atoms with Crippen LogP contribution in [0.15, 0.2) is 0 Å². The number of nitrogens with one attached hydrogen (secondary N) is 2. The summed E-state index contributed by atoms with van der Waals surface area (Å²) in [6.07, 6.45) is -0.0874. The Labute approximate surface area is 106 Å². The van der Waals surface area contributed by atoms with Crippen molar-refractivity contribution in [3.63, 3.8) is 0 Å². The number of carbonyl (C=O) groups excluding carboxylic acids is 2. The molecule has 0 saturated heterocycles. The highest BCUT2D eigenvalue weighted by Gasteiger charge is 2.21. The first-order chi connectivity index (χ1) is 8.11. The highest BCUT2D eigenvalue weighted by Crippen LogP contribution is 1.99. The van der Waals surface area contributed by atoms with E-state index in [1.165, 1.54) is 0 Å². The number of primary amides is 1. The van der Waals surface area contributed by atoms with Gasteiger partial charge in [-0.3, -0.25) is 9.59 Å². The number of aliphatic carboxylic acids is 1. The summed E-state index contributed by atoms with van der Waals surface area (Å²) in [7, 11) is 0. The Morgan fingerprint density at radius 2 is 1.83 bits per heavy atom. The summed E-state index contributed by atoms with van der Waals surface area (Å²) in [5.74, 6) is -2.20. The van der Waals surface area contributed by atoms with Gasteiger partial charge in [-0.15, -0.1) is 0 Å². The van der Waals surface area contributed by atoms with Crippen LogP contribution in [0.1, 0.15) is 33.6 Å². The van der Waals surface area contributed by atoms with Gasteiger partial charge >= 0.3 is 5.97 Å². The minimum atomic E-state index is -1.18. The molecule has 1 unspecified atom stereocenters. The number of carbonyl (C=O) groups is 3. The standard InChI is InChI=1S/C11H21N3O4/c1-11(2,3)13-6-9(16)14-7(10(17)18)4-5-8(12)15/h7,13H,4-6H2,1-3H3,(H2,12,15)(H,14,16)(H,17,18). The maximum Gasteiger partial charge on any atom is 0.326 e. The van der Waals surface area contributed by atoms with Gasteiger partial charge in [0.2, 0.25) is 11.8 Å². The number of hydrogen-bond acceptors (Lipinski definition) is 4. The van der Waals surface area contributed by atoms with Crippen molar-refractivity contribution in [3.8, 4) is 0 Å². The van der Waals surface area contributed by atoms with Gasteiger partial charge in [-0.2, -0.15) is 0 Å². The monoisotopic (exact) mass is 259 g/mol. The predicted molar refractivity (Wildman–Crippen MR) is 65.8 cm³/mol. The van der Waals surface area contributed by atoms with Crippen LogP contribution < -0.4 is 16.4 Å². The van der Waals surface area contributed by atoms with Gasteiger partial charge in [-0.05, 0) is 27.2 Å². The number of hydrogen-bond donors (Lipinski definition) is 4. The third-order valence-corrected chi connectivity index (χ3v) is 2.09. The van der Waals surface area contributed by atoms with Crippen LogP contribution in [0, 0.1) is 0 Å². The van der Waals surface area contributed by atoms with Gasteiger partial charge < -0.3 is 21.5 Å².